The van der Waals surface area contributed by atoms with E-state index in [4.69, 9.17) is 27.9 Å². The number of hydrogen-bond donors (Lipinski definition) is 0. The molecule has 0 bridgehead atoms. The summed E-state index contributed by atoms with van der Waals surface area (Å²) in [7, 11) is 0. The molecule has 1 aliphatic rings. The minimum Gasteiger partial charge on any atom is -0.452 e. The lowest BCUT2D eigenvalue weighted by Crippen LogP contribution is -2.38. The number of rotatable bonds is 4. The quantitative estimate of drug-likeness (QED) is 0.569. The summed E-state index contributed by atoms with van der Waals surface area (Å²) in [6, 6.07) is 12.8. The fraction of sp³-hybridized carbons (Fsp3) is 0.200. The topological polar surface area (TPSA) is 46.6 Å². The van der Waals surface area contributed by atoms with E-state index >= 15 is 0 Å². The largest absolute Gasteiger partial charge is 0.452 e. The maximum atomic E-state index is 12.5. The van der Waals surface area contributed by atoms with Gasteiger partial charge in [0.25, 0.3) is 5.91 Å². The third kappa shape index (κ3) is 4.09. The number of halogens is 2. The summed E-state index contributed by atoms with van der Waals surface area (Å²) in [5.41, 5.74) is 2.64. The molecule has 0 fully saturated rings. The molecule has 4 nitrogen and oxygen atoms in total. The SMILES string of the molecule is C[C@H]1Cc2ccccc2N1C(=O)COC(=O)/C=C/c1ccc(Cl)cc1Cl. The molecule has 0 saturated heterocycles. The van der Waals surface area contributed by atoms with Crippen molar-refractivity contribution in [3.63, 3.8) is 0 Å². The molecule has 1 atom stereocenters. The first-order chi connectivity index (χ1) is 12.5. The predicted molar refractivity (Wildman–Crippen MR) is 104 cm³/mol. The first kappa shape index (κ1) is 18.5. The van der Waals surface area contributed by atoms with Crippen molar-refractivity contribution < 1.29 is 14.3 Å². The smallest absolute Gasteiger partial charge is 0.331 e. The summed E-state index contributed by atoms with van der Waals surface area (Å²) < 4.78 is 5.08. The van der Waals surface area contributed by atoms with Gasteiger partial charge in [0.2, 0.25) is 0 Å². The van der Waals surface area contributed by atoms with Gasteiger partial charge < -0.3 is 9.64 Å². The van der Waals surface area contributed by atoms with Crippen LogP contribution in [-0.4, -0.2) is 24.5 Å². The van der Waals surface area contributed by atoms with Crippen molar-refractivity contribution in [3.05, 3.63) is 69.7 Å². The molecule has 0 aromatic heterocycles. The number of carbonyl (C=O) groups is 2. The van der Waals surface area contributed by atoms with Crippen molar-refractivity contribution in [2.24, 2.45) is 0 Å². The fourth-order valence-corrected chi connectivity index (χ4v) is 3.46. The maximum Gasteiger partial charge on any atom is 0.331 e. The van der Waals surface area contributed by atoms with Crippen LogP contribution in [0.5, 0.6) is 0 Å². The molecule has 134 valence electrons. The van der Waals surface area contributed by atoms with Crippen LogP contribution in [0.15, 0.2) is 48.5 Å². The molecule has 1 heterocycles. The minimum atomic E-state index is -0.607. The number of carbonyl (C=O) groups excluding carboxylic acids is 2. The van der Waals surface area contributed by atoms with Crippen molar-refractivity contribution >= 4 is 46.8 Å². The molecular weight excluding hydrogens is 373 g/mol. The van der Waals surface area contributed by atoms with Gasteiger partial charge in [-0.25, -0.2) is 4.79 Å². The molecule has 6 heteroatoms. The van der Waals surface area contributed by atoms with Gasteiger partial charge in [0.15, 0.2) is 6.61 Å². The van der Waals surface area contributed by atoms with Crippen molar-refractivity contribution in [3.8, 4) is 0 Å². The second-order valence-electron chi connectivity index (χ2n) is 6.05. The highest BCUT2D eigenvalue weighted by atomic mass is 35.5. The molecule has 2 aromatic carbocycles. The van der Waals surface area contributed by atoms with E-state index in [0.717, 1.165) is 17.7 Å². The van der Waals surface area contributed by atoms with Gasteiger partial charge in [-0.3, -0.25) is 4.79 Å². The van der Waals surface area contributed by atoms with E-state index in [1.807, 2.05) is 31.2 Å². The Kier molecular flexibility index (Phi) is 5.64. The monoisotopic (exact) mass is 389 g/mol. The Morgan fingerprint density at radius 3 is 2.77 bits per heavy atom. The number of para-hydroxylation sites is 1. The lowest BCUT2D eigenvalue weighted by atomic mass is 10.1. The van der Waals surface area contributed by atoms with Crippen molar-refractivity contribution in [2.75, 3.05) is 11.5 Å². The van der Waals surface area contributed by atoms with E-state index in [2.05, 4.69) is 0 Å². The minimum absolute atomic E-state index is 0.0435. The summed E-state index contributed by atoms with van der Waals surface area (Å²) >= 11 is 11.9. The van der Waals surface area contributed by atoms with Gasteiger partial charge in [0.1, 0.15) is 0 Å². The Labute approximate surface area is 162 Å². The number of hydrogen-bond acceptors (Lipinski definition) is 3. The van der Waals surface area contributed by atoms with Crippen molar-refractivity contribution in [1.29, 1.82) is 0 Å². The Morgan fingerprint density at radius 2 is 2.00 bits per heavy atom. The van der Waals surface area contributed by atoms with Crippen LogP contribution >= 0.6 is 23.2 Å². The summed E-state index contributed by atoms with van der Waals surface area (Å²) in [6.45, 7) is 1.67. The molecule has 2 aromatic rings. The normalized spacial score (nSPS) is 16.0. The van der Waals surface area contributed by atoms with Gasteiger partial charge in [-0.2, -0.15) is 0 Å². The third-order valence-electron chi connectivity index (χ3n) is 4.18. The summed E-state index contributed by atoms with van der Waals surface area (Å²) in [6.07, 6.45) is 3.56. The lowest BCUT2D eigenvalue weighted by molar-refractivity contribution is -0.143. The number of anilines is 1. The van der Waals surface area contributed by atoms with Crippen LogP contribution in [0.3, 0.4) is 0 Å². The average Bonchev–Trinajstić information content (AvgIpc) is 2.94. The van der Waals surface area contributed by atoms with Crippen LogP contribution in [-0.2, 0) is 20.7 Å². The summed E-state index contributed by atoms with van der Waals surface area (Å²) in [5.74, 6) is -0.849. The fourth-order valence-electron chi connectivity index (χ4n) is 2.99. The molecule has 3 rings (SSSR count). The average molecular weight is 390 g/mol. The zero-order chi connectivity index (χ0) is 18.7. The van der Waals surface area contributed by atoms with E-state index in [0.29, 0.717) is 15.6 Å². The summed E-state index contributed by atoms with van der Waals surface area (Å²) in [4.78, 5) is 26.1. The molecule has 0 unspecified atom stereocenters. The second-order valence-corrected chi connectivity index (χ2v) is 6.90. The molecule has 0 N–H and O–H groups in total. The van der Waals surface area contributed by atoms with E-state index in [9.17, 15) is 9.59 Å². The molecule has 26 heavy (non-hydrogen) atoms. The molecule has 0 radical (unpaired) electrons. The molecule has 0 spiro atoms. The highest BCUT2D eigenvalue weighted by molar-refractivity contribution is 6.35. The van der Waals surface area contributed by atoms with Crippen LogP contribution in [0.4, 0.5) is 5.69 Å². The van der Waals surface area contributed by atoms with E-state index in [-0.39, 0.29) is 18.6 Å². The number of amides is 1. The van der Waals surface area contributed by atoms with Crippen LogP contribution in [0.25, 0.3) is 6.08 Å². The molecule has 1 amide bonds. The second kappa shape index (κ2) is 7.94. The zero-order valence-electron chi connectivity index (χ0n) is 14.1. The van der Waals surface area contributed by atoms with Gasteiger partial charge in [0.05, 0.1) is 0 Å². The first-order valence-corrected chi connectivity index (χ1v) is 8.91. The van der Waals surface area contributed by atoms with Crippen LogP contribution in [0, 0.1) is 0 Å². The number of benzene rings is 2. The Hall–Kier alpha value is -2.30. The highest BCUT2D eigenvalue weighted by Gasteiger charge is 2.30. The van der Waals surface area contributed by atoms with Crippen LogP contribution in [0.2, 0.25) is 10.0 Å². The van der Waals surface area contributed by atoms with Crippen LogP contribution < -0.4 is 4.90 Å². The van der Waals surface area contributed by atoms with Crippen molar-refractivity contribution in [2.45, 2.75) is 19.4 Å². The van der Waals surface area contributed by atoms with Gasteiger partial charge in [-0.15, -0.1) is 0 Å². The third-order valence-corrected chi connectivity index (χ3v) is 4.74. The zero-order valence-corrected chi connectivity index (χ0v) is 15.6. The maximum absolute atomic E-state index is 12.5. The number of fused-ring (bicyclic) bond motifs is 1. The number of nitrogens with zero attached hydrogens (tertiary/aromatic N) is 1. The van der Waals surface area contributed by atoms with E-state index in [1.54, 1.807) is 23.1 Å². The molecule has 0 aliphatic carbocycles. The molecular formula is C20H17Cl2NO3. The van der Waals surface area contributed by atoms with Crippen LogP contribution in [0.1, 0.15) is 18.1 Å². The molecule has 1 aliphatic heterocycles. The van der Waals surface area contributed by atoms with Crippen molar-refractivity contribution in [1.82, 2.24) is 0 Å². The lowest BCUT2D eigenvalue weighted by Gasteiger charge is -2.22. The number of ether oxygens (including phenoxy) is 1. The van der Waals surface area contributed by atoms with Gasteiger partial charge in [-0.05, 0) is 48.7 Å². The number of esters is 1. The predicted octanol–water partition coefficient (Wildman–Crippen LogP) is 4.53. The Balaban J connectivity index is 1.59. The van der Waals surface area contributed by atoms with Gasteiger partial charge >= 0.3 is 5.97 Å². The Morgan fingerprint density at radius 1 is 1.23 bits per heavy atom. The van der Waals surface area contributed by atoms with Gasteiger partial charge in [-0.1, -0.05) is 47.5 Å². The first-order valence-electron chi connectivity index (χ1n) is 8.15. The highest BCUT2D eigenvalue weighted by Crippen LogP contribution is 2.31. The van der Waals surface area contributed by atoms with E-state index in [1.165, 1.54) is 12.2 Å². The van der Waals surface area contributed by atoms with Gasteiger partial charge in [0, 0.05) is 27.9 Å². The molecule has 0 saturated carbocycles. The Bertz CT molecular complexity index is 879. The summed E-state index contributed by atoms with van der Waals surface area (Å²) in [5, 5.41) is 0.945. The standard InChI is InChI=1S/C20H17Cl2NO3/c1-13-10-15-4-2-3-5-18(15)23(13)19(24)12-26-20(25)9-7-14-6-8-16(21)11-17(14)22/h2-9,11,13H,10,12H2,1H3/b9-7+/t13-/m0/s1. The van der Waals surface area contributed by atoms with E-state index < -0.39 is 5.97 Å².